The van der Waals surface area contributed by atoms with Crippen LogP contribution in [0.1, 0.15) is 80.4 Å². The predicted octanol–water partition coefficient (Wildman–Crippen LogP) is 7.77. The fourth-order valence-corrected chi connectivity index (χ4v) is 5.45. The van der Waals surface area contributed by atoms with Crippen molar-refractivity contribution in [3.63, 3.8) is 0 Å². The van der Waals surface area contributed by atoms with Gasteiger partial charge in [-0.1, -0.05) is 52.8 Å². The van der Waals surface area contributed by atoms with Crippen LogP contribution in [-0.4, -0.2) is 5.78 Å². The summed E-state index contributed by atoms with van der Waals surface area (Å²) in [5.41, 5.74) is 6.37. The maximum absolute atomic E-state index is 11.6. The summed E-state index contributed by atoms with van der Waals surface area (Å²) in [5.74, 6) is 0.333. The standard InChI is InChI=1S/C11H9BrO.C11H11Br.2CH4/c12-7-1-2-8-9(5-7)11(3-4-11)6-10(8)13;12-9-2-1-8-3-4-11(5-6-11)10(8)7-9;;/h1-2,5H,3-4,6H2;1-2,7H,3-6H2;2*1H4. The molecule has 144 valence electrons. The van der Waals surface area contributed by atoms with Crippen molar-refractivity contribution in [2.45, 2.75) is 70.6 Å². The molecule has 0 bridgehead atoms. The third-order valence-corrected chi connectivity index (χ3v) is 7.56. The summed E-state index contributed by atoms with van der Waals surface area (Å²) in [6, 6.07) is 12.8. The topological polar surface area (TPSA) is 17.1 Å². The minimum atomic E-state index is 0. The Morgan fingerprint density at radius 1 is 0.741 bits per heavy atom. The molecule has 0 amide bonds. The zero-order valence-corrected chi connectivity index (χ0v) is 17.3. The molecule has 2 aromatic rings. The molecular formula is C24H28Br2O. The first-order valence-corrected chi connectivity index (χ1v) is 10.7. The molecule has 0 radical (unpaired) electrons. The molecule has 4 aliphatic rings. The van der Waals surface area contributed by atoms with Crippen LogP contribution < -0.4 is 0 Å². The van der Waals surface area contributed by atoms with E-state index in [0.717, 1.165) is 16.5 Å². The molecule has 0 saturated heterocycles. The van der Waals surface area contributed by atoms with Gasteiger partial charge in [-0.3, -0.25) is 4.79 Å². The molecule has 0 aliphatic heterocycles. The smallest absolute Gasteiger partial charge is 0.164 e. The number of rotatable bonds is 0. The lowest BCUT2D eigenvalue weighted by Gasteiger charge is -2.07. The second-order valence-corrected chi connectivity index (χ2v) is 9.98. The summed E-state index contributed by atoms with van der Waals surface area (Å²) in [7, 11) is 0. The maximum Gasteiger partial charge on any atom is 0.164 e. The van der Waals surface area contributed by atoms with E-state index in [2.05, 4.69) is 56.1 Å². The van der Waals surface area contributed by atoms with E-state index in [4.69, 9.17) is 0 Å². The molecule has 2 spiro atoms. The molecule has 2 fully saturated rings. The molecule has 2 aromatic carbocycles. The SMILES string of the molecule is Brc1ccc2c(c1)C1(CC2)CC1.C.C.O=C1CC2(CC2)c2cc(Br)ccc21. The van der Waals surface area contributed by atoms with Crippen LogP contribution >= 0.6 is 31.9 Å². The second-order valence-electron chi connectivity index (χ2n) is 8.15. The summed E-state index contributed by atoms with van der Waals surface area (Å²) in [5, 5.41) is 0. The number of hydrogen-bond acceptors (Lipinski definition) is 1. The van der Waals surface area contributed by atoms with Crippen molar-refractivity contribution in [2.24, 2.45) is 0 Å². The van der Waals surface area contributed by atoms with E-state index < -0.39 is 0 Å². The van der Waals surface area contributed by atoms with Crippen LogP contribution in [0.3, 0.4) is 0 Å². The van der Waals surface area contributed by atoms with E-state index in [1.807, 2.05) is 12.1 Å². The fraction of sp³-hybridized carbons (Fsp3) is 0.458. The molecule has 1 nitrogen and oxygen atoms in total. The van der Waals surface area contributed by atoms with Gasteiger partial charge in [-0.15, -0.1) is 0 Å². The van der Waals surface area contributed by atoms with Crippen LogP contribution in [0.15, 0.2) is 45.3 Å². The van der Waals surface area contributed by atoms with E-state index in [1.165, 1.54) is 48.6 Å². The Hall–Kier alpha value is -0.930. The number of fused-ring (bicyclic) bond motifs is 4. The van der Waals surface area contributed by atoms with Gasteiger partial charge in [0, 0.05) is 26.3 Å². The Bertz CT molecular complexity index is 891. The van der Waals surface area contributed by atoms with Crippen molar-refractivity contribution < 1.29 is 4.79 Å². The van der Waals surface area contributed by atoms with Crippen molar-refractivity contribution in [1.29, 1.82) is 0 Å². The zero-order chi connectivity index (χ0) is 17.2. The van der Waals surface area contributed by atoms with Crippen LogP contribution in [-0.2, 0) is 17.3 Å². The highest BCUT2D eigenvalue weighted by molar-refractivity contribution is 9.10. The van der Waals surface area contributed by atoms with Gasteiger partial charge in [-0.2, -0.15) is 0 Å². The van der Waals surface area contributed by atoms with Gasteiger partial charge in [0.05, 0.1) is 0 Å². The van der Waals surface area contributed by atoms with E-state index in [1.54, 1.807) is 11.1 Å². The first-order chi connectivity index (χ1) is 12.0. The van der Waals surface area contributed by atoms with Crippen molar-refractivity contribution in [1.82, 2.24) is 0 Å². The van der Waals surface area contributed by atoms with Crippen LogP contribution in [0.4, 0.5) is 0 Å². The second kappa shape index (κ2) is 7.15. The van der Waals surface area contributed by atoms with Crippen LogP contribution in [0, 0.1) is 0 Å². The minimum absolute atomic E-state index is 0. The fourth-order valence-electron chi connectivity index (χ4n) is 4.73. The summed E-state index contributed by atoms with van der Waals surface area (Å²) in [6.07, 6.45) is 8.71. The molecular weight excluding hydrogens is 464 g/mol. The summed E-state index contributed by atoms with van der Waals surface area (Å²) < 4.78 is 2.33. The van der Waals surface area contributed by atoms with Gasteiger partial charge in [0.25, 0.3) is 0 Å². The number of halogens is 2. The number of aryl methyl sites for hydroxylation is 1. The predicted molar refractivity (Wildman–Crippen MR) is 121 cm³/mol. The average molecular weight is 492 g/mol. The zero-order valence-electron chi connectivity index (χ0n) is 14.1. The molecule has 27 heavy (non-hydrogen) atoms. The number of carbonyl (C=O) groups is 1. The lowest BCUT2D eigenvalue weighted by atomic mass is 9.99. The van der Waals surface area contributed by atoms with Crippen molar-refractivity contribution in [2.75, 3.05) is 0 Å². The van der Waals surface area contributed by atoms with Crippen molar-refractivity contribution in [3.8, 4) is 0 Å². The number of benzene rings is 2. The van der Waals surface area contributed by atoms with Crippen LogP contribution in [0.5, 0.6) is 0 Å². The van der Waals surface area contributed by atoms with Gasteiger partial charge < -0.3 is 0 Å². The average Bonchev–Trinajstić information content (AvgIpc) is 3.47. The molecule has 0 atom stereocenters. The minimum Gasteiger partial charge on any atom is -0.294 e. The number of carbonyl (C=O) groups excluding carboxylic acids is 1. The summed E-state index contributed by atoms with van der Waals surface area (Å²) in [4.78, 5) is 11.6. The Kier molecular flexibility index (Phi) is 5.51. The number of Topliss-reactive ketones (excluding diaryl/α,β-unsaturated/α-hetero) is 1. The normalized spacial score (nSPS) is 20.7. The highest BCUT2D eigenvalue weighted by Crippen LogP contribution is 2.57. The lowest BCUT2D eigenvalue weighted by Crippen LogP contribution is -1.99. The van der Waals surface area contributed by atoms with Gasteiger partial charge in [0.15, 0.2) is 5.78 Å². The van der Waals surface area contributed by atoms with Gasteiger partial charge in [0.2, 0.25) is 0 Å². The van der Waals surface area contributed by atoms with E-state index in [9.17, 15) is 4.79 Å². The highest BCUT2D eigenvalue weighted by Gasteiger charge is 2.52. The molecule has 0 aromatic heterocycles. The van der Waals surface area contributed by atoms with Gasteiger partial charge in [0.1, 0.15) is 0 Å². The quantitative estimate of drug-likeness (QED) is 0.367. The third-order valence-electron chi connectivity index (χ3n) is 6.58. The largest absolute Gasteiger partial charge is 0.294 e. The van der Waals surface area contributed by atoms with Crippen molar-refractivity contribution in [3.05, 3.63) is 67.6 Å². The van der Waals surface area contributed by atoms with Crippen molar-refractivity contribution >= 4 is 37.6 Å². The maximum atomic E-state index is 11.6. The molecule has 0 heterocycles. The Labute approximate surface area is 180 Å². The molecule has 0 N–H and O–H groups in total. The Morgan fingerprint density at radius 3 is 1.96 bits per heavy atom. The van der Waals surface area contributed by atoms with Crippen LogP contribution in [0.25, 0.3) is 0 Å². The first-order valence-electron chi connectivity index (χ1n) is 9.14. The first kappa shape index (κ1) is 20.8. The molecule has 6 rings (SSSR count). The lowest BCUT2D eigenvalue weighted by molar-refractivity contribution is 0.0986. The monoisotopic (exact) mass is 490 g/mol. The highest BCUT2D eigenvalue weighted by atomic mass is 79.9. The van der Waals surface area contributed by atoms with Gasteiger partial charge >= 0.3 is 0 Å². The Morgan fingerprint density at radius 2 is 1.33 bits per heavy atom. The molecule has 3 heteroatoms. The summed E-state index contributed by atoms with van der Waals surface area (Å²) in [6.45, 7) is 0. The van der Waals surface area contributed by atoms with E-state index in [-0.39, 0.29) is 20.3 Å². The third kappa shape index (κ3) is 3.46. The Balaban J connectivity index is 0.000000145. The number of ketones is 1. The summed E-state index contributed by atoms with van der Waals surface area (Å²) >= 11 is 7.00. The molecule has 0 unspecified atom stereocenters. The van der Waals surface area contributed by atoms with E-state index >= 15 is 0 Å². The van der Waals surface area contributed by atoms with Crippen LogP contribution in [0.2, 0.25) is 0 Å². The van der Waals surface area contributed by atoms with E-state index in [0.29, 0.717) is 11.2 Å². The van der Waals surface area contributed by atoms with Gasteiger partial charge in [-0.25, -0.2) is 0 Å². The number of hydrogen-bond donors (Lipinski definition) is 0. The van der Waals surface area contributed by atoms with Gasteiger partial charge in [-0.05, 0) is 91.0 Å². The molecule has 2 saturated carbocycles. The molecule has 4 aliphatic carbocycles.